The molecule has 4 rings (SSSR count). The number of nitro benzene ring substituents is 1. The average Bonchev–Trinajstić information content (AvgIpc) is 3.61. The first kappa shape index (κ1) is 21.5. The Hall–Kier alpha value is -3.72. The molecule has 0 aliphatic heterocycles. The van der Waals surface area contributed by atoms with Crippen molar-refractivity contribution in [2.45, 2.75) is 22.6 Å². The van der Waals surface area contributed by atoms with Gasteiger partial charge in [-0.3, -0.25) is 19.7 Å². The van der Waals surface area contributed by atoms with Gasteiger partial charge in [0.25, 0.3) is 11.6 Å². The number of nitro groups is 1. The number of hydrogen-bond donors (Lipinski definition) is 2. The van der Waals surface area contributed by atoms with Crippen molar-refractivity contribution in [2.75, 3.05) is 10.6 Å². The molecule has 162 valence electrons. The zero-order valence-corrected chi connectivity index (χ0v) is 17.5. The summed E-state index contributed by atoms with van der Waals surface area (Å²) in [6.07, 6.45) is 1.75. The number of halogens is 1. The zero-order chi connectivity index (χ0) is 22.7. The third kappa shape index (κ3) is 5.12. The summed E-state index contributed by atoms with van der Waals surface area (Å²) >= 11 is 1.01. The summed E-state index contributed by atoms with van der Waals surface area (Å²) in [5.74, 6) is -1.06. The number of carbonyl (C=O) groups is 2. The number of hydrogen-bond acceptors (Lipinski definition) is 5. The largest absolute Gasteiger partial charge is 0.326 e. The van der Waals surface area contributed by atoms with Crippen LogP contribution in [0.5, 0.6) is 0 Å². The van der Waals surface area contributed by atoms with Gasteiger partial charge in [0.15, 0.2) is 0 Å². The predicted molar refractivity (Wildman–Crippen MR) is 119 cm³/mol. The van der Waals surface area contributed by atoms with Crippen LogP contribution in [0.1, 0.15) is 23.2 Å². The minimum Gasteiger partial charge on any atom is -0.326 e. The Morgan fingerprint density at radius 3 is 2.34 bits per heavy atom. The van der Waals surface area contributed by atoms with Gasteiger partial charge >= 0.3 is 0 Å². The first-order valence-corrected chi connectivity index (χ1v) is 10.7. The van der Waals surface area contributed by atoms with E-state index in [2.05, 4.69) is 10.6 Å². The van der Waals surface area contributed by atoms with Crippen molar-refractivity contribution in [1.29, 1.82) is 0 Å². The maximum Gasteiger partial charge on any atom is 0.270 e. The lowest BCUT2D eigenvalue weighted by Crippen LogP contribution is -2.15. The van der Waals surface area contributed by atoms with Gasteiger partial charge in [0.1, 0.15) is 5.82 Å². The maximum absolute atomic E-state index is 14.1. The Balaban J connectivity index is 1.59. The smallest absolute Gasteiger partial charge is 0.270 e. The van der Waals surface area contributed by atoms with Crippen molar-refractivity contribution in [3.8, 4) is 0 Å². The Bertz CT molecular complexity index is 1210. The molecule has 1 aliphatic rings. The molecule has 9 heteroatoms. The standard InChI is InChI=1S/C23H18FN3O4S/c24-19-6-1-2-7-21(19)32-20-11-10-17(27(30)31)13-18(20)23(29)26-16-5-3-4-15(12-16)25-22(28)14-8-9-14/h1-7,10-14H,8-9H2,(H,25,28)(H,26,29). The molecule has 1 saturated carbocycles. The van der Waals surface area contributed by atoms with Gasteiger partial charge in [-0.15, -0.1) is 0 Å². The predicted octanol–water partition coefficient (Wildman–Crippen LogP) is 5.49. The molecular formula is C23H18FN3O4S. The second-order valence-corrected chi connectivity index (χ2v) is 8.35. The summed E-state index contributed by atoms with van der Waals surface area (Å²) in [5, 5.41) is 16.7. The topological polar surface area (TPSA) is 101 Å². The molecule has 0 radical (unpaired) electrons. The lowest BCUT2D eigenvalue weighted by molar-refractivity contribution is -0.384. The van der Waals surface area contributed by atoms with Gasteiger partial charge in [-0.1, -0.05) is 30.0 Å². The molecule has 0 heterocycles. The Morgan fingerprint density at radius 1 is 0.938 bits per heavy atom. The van der Waals surface area contributed by atoms with Gasteiger partial charge in [-0.05, 0) is 49.2 Å². The van der Waals surface area contributed by atoms with Gasteiger partial charge in [0.2, 0.25) is 5.91 Å². The highest BCUT2D eigenvalue weighted by Crippen LogP contribution is 2.35. The van der Waals surface area contributed by atoms with Gasteiger partial charge in [0, 0.05) is 39.2 Å². The second kappa shape index (κ2) is 9.19. The third-order valence-corrected chi connectivity index (χ3v) is 5.94. The highest BCUT2D eigenvalue weighted by Gasteiger charge is 2.29. The van der Waals surface area contributed by atoms with Gasteiger partial charge in [0.05, 0.1) is 10.5 Å². The van der Waals surface area contributed by atoms with Crippen molar-refractivity contribution in [2.24, 2.45) is 5.92 Å². The molecule has 32 heavy (non-hydrogen) atoms. The summed E-state index contributed by atoms with van der Waals surface area (Å²) in [4.78, 5) is 36.3. The van der Waals surface area contributed by atoms with E-state index in [1.807, 2.05) is 0 Å². The summed E-state index contributed by atoms with van der Waals surface area (Å²) in [6.45, 7) is 0. The Morgan fingerprint density at radius 2 is 1.66 bits per heavy atom. The molecule has 7 nitrogen and oxygen atoms in total. The van der Waals surface area contributed by atoms with E-state index in [9.17, 15) is 24.1 Å². The molecule has 0 unspecified atom stereocenters. The number of nitrogens with one attached hydrogen (secondary N) is 2. The first-order valence-electron chi connectivity index (χ1n) is 9.84. The van der Waals surface area contributed by atoms with Crippen LogP contribution in [0.2, 0.25) is 0 Å². The number of non-ortho nitro benzene ring substituents is 1. The lowest BCUT2D eigenvalue weighted by Gasteiger charge is -2.12. The number of amides is 2. The van der Waals surface area contributed by atoms with Crippen molar-refractivity contribution in [3.05, 3.63) is 88.2 Å². The zero-order valence-electron chi connectivity index (χ0n) is 16.7. The summed E-state index contributed by atoms with van der Waals surface area (Å²) in [7, 11) is 0. The van der Waals surface area contributed by atoms with E-state index in [4.69, 9.17) is 0 Å². The molecule has 1 aliphatic carbocycles. The highest BCUT2D eigenvalue weighted by molar-refractivity contribution is 7.99. The Kier molecular flexibility index (Phi) is 6.18. The minimum absolute atomic E-state index is 0.0380. The second-order valence-electron chi connectivity index (χ2n) is 7.27. The van der Waals surface area contributed by atoms with Crippen LogP contribution in [0.15, 0.2) is 76.5 Å². The van der Waals surface area contributed by atoms with Crippen molar-refractivity contribution in [3.63, 3.8) is 0 Å². The molecule has 3 aromatic rings. The van der Waals surface area contributed by atoms with E-state index in [0.717, 1.165) is 30.7 Å². The molecule has 0 aromatic heterocycles. The summed E-state index contributed by atoms with van der Waals surface area (Å²) < 4.78 is 14.1. The van der Waals surface area contributed by atoms with E-state index in [1.54, 1.807) is 42.5 Å². The molecule has 2 N–H and O–H groups in total. The molecule has 3 aromatic carbocycles. The average molecular weight is 451 g/mol. The van der Waals surface area contributed by atoms with Gasteiger partial charge in [-0.25, -0.2) is 4.39 Å². The molecule has 0 atom stereocenters. The SMILES string of the molecule is O=C(Nc1cccc(NC(=O)C2CC2)c1)c1cc([N+](=O)[O-])ccc1Sc1ccccc1F. The molecule has 0 spiro atoms. The molecule has 0 saturated heterocycles. The molecular weight excluding hydrogens is 433 g/mol. The van der Waals surface area contributed by atoms with E-state index < -0.39 is 16.6 Å². The number of anilines is 2. The number of carbonyl (C=O) groups excluding carboxylic acids is 2. The fourth-order valence-corrected chi connectivity index (χ4v) is 3.95. The quantitative estimate of drug-likeness (QED) is 0.366. The van der Waals surface area contributed by atoms with E-state index in [-0.39, 0.29) is 23.1 Å². The molecule has 2 amide bonds. The maximum atomic E-state index is 14.1. The number of benzene rings is 3. The first-order chi connectivity index (χ1) is 15.4. The summed E-state index contributed by atoms with van der Waals surface area (Å²) in [5.41, 5.74) is 0.745. The highest BCUT2D eigenvalue weighted by atomic mass is 32.2. The summed E-state index contributed by atoms with van der Waals surface area (Å²) in [6, 6.07) is 16.6. The fraction of sp³-hybridized carbons (Fsp3) is 0.130. The van der Waals surface area contributed by atoms with Gasteiger partial charge < -0.3 is 10.6 Å². The van der Waals surface area contributed by atoms with Crippen LogP contribution in [0.4, 0.5) is 21.5 Å². The third-order valence-electron chi connectivity index (χ3n) is 4.81. The molecule has 0 bridgehead atoms. The molecule has 1 fully saturated rings. The van der Waals surface area contributed by atoms with Crippen LogP contribution in [0, 0.1) is 21.8 Å². The van der Waals surface area contributed by atoms with Crippen LogP contribution in [0.25, 0.3) is 0 Å². The van der Waals surface area contributed by atoms with Crippen LogP contribution < -0.4 is 10.6 Å². The van der Waals surface area contributed by atoms with E-state index in [1.165, 1.54) is 18.2 Å². The van der Waals surface area contributed by atoms with Crippen molar-refractivity contribution < 1.29 is 18.9 Å². The van der Waals surface area contributed by atoms with Crippen molar-refractivity contribution in [1.82, 2.24) is 0 Å². The van der Waals surface area contributed by atoms with E-state index >= 15 is 0 Å². The fourth-order valence-electron chi connectivity index (χ4n) is 3.01. The van der Waals surface area contributed by atoms with Crippen molar-refractivity contribution >= 4 is 40.6 Å². The number of rotatable bonds is 7. The van der Waals surface area contributed by atoms with Gasteiger partial charge in [-0.2, -0.15) is 0 Å². The van der Waals surface area contributed by atoms with E-state index in [0.29, 0.717) is 21.2 Å². The Labute approximate surface area is 187 Å². The lowest BCUT2D eigenvalue weighted by atomic mass is 10.1. The van der Waals surface area contributed by atoms with Crippen LogP contribution in [0.3, 0.4) is 0 Å². The van der Waals surface area contributed by atoms with Crippen LogP contribution in [-0.4, -0.2) is 16.7 Å². The minimum atomic E-state index is -0.595. The number of nitrogens with zero attached hydrogens (tertiary/aromatic N) is 1. The van der Waals surface area contributed by atoms with Crippen LogP contribution in [-0.2, 0) is 4.79 Å². The normalized spacial score (nSPS) is 12.8. The van der Waals surface area contributed by atoms with Crippen LogP contribution >= 0.6 is 11.8 Å². The monoisotopic (exact) mass is 451 g/mol.